The van der Waals surface area contributed by atoms with Gasteiger partial charge < -0.3 is 10.4 Å². The Bertz CT molecular complexity index is 791. The molecule has 1 aromatic carbocycles. The second-order valence-corrected chi connectivity index (χ2v) is 7.29. The van der Waals surface area contributed by atoms with Gasteiger partial charge in [-0.3, -0.25) is 9.78 Å². The van der Waals surface area contributed by atoms with E-state index in [-0.39, 0.29) is 0 Å². The summed E-state index contributed by atoms with van der Waals surface area (Å²) in [6.45, 7) is 3.73. The van der Waals surface area contributed by atoms with Crippen LogP contribution in [0, 0.1) is 0 Å². The molecule has 1 aliphatic rings. The molecule has 2 N–H and O–H groups in total. The van der Waals surface area contributed by atoms with Crippen LogP contribution in [0.5, 0.6) is 0 Å². The van der Waals surface area contributed by atoms with Crippen LogP contribution < -0.4 is 5.32 Å². The first kappa shape index (κ1) is 18.3. The third kappa shape index (κ3) is 4.50. The summed E-state index contributed by atoms with van der Waals surface area (Å²) in [5.41, 5.74) is 0. The molecule has 1 fully saturated rings. The molecule has 0 atom stereocenters. The first-order valence-electron chi connectivity index (χ1n) is 7.66. The van der Waals surface area contributed by atoms with Crippen LogP contribution in [0.25, 0.3) is 10.8 Å². The van der Waals surface area contributed by atoms with E-state index in [4.69, 9.17) is 9.90 Å². The molecule has 0 radical (unpaired) electrons. The molecule has 0 bridgehead atoms. The van der Waals surface area contributed by atoms with Gasteiger partial charge in [0.1, 0.15) is 0 Å². The molecule has 1 aliphatic heterocycles. The van der Waals surface area contributed by atoms with Gasteiger partial charge in [-0.25, -0.2) is 8.42 Å². The number of nitrogens with one attached hydrogen (secondary N) is 1. The van der Waals surface area contributed by atoms with Crippen LogP contribution in [0.3, 0.4) is 0 Å². The highest BCUT2D eigenvalue weighted by atomic mass is 32.2. The molecule has 0 aliphatic carbocycles. The van der Waals surface area contributed by atoms with Gasteiger partial charge in [-0.2, -0.15) is 4.31 Å². The van der Waals surface area contributed by atoms with E-state index < -0.39 is 16.0 Å². The topological polar surface area (TPSA) is 99.6 Å². The first-order chi connectivity index (χ1) is 11.4. The molecule has 8 heteroatoms. The van der Waals surface area contributed by atoms with E-state index in [1.807, 2.05) is 6.07 Å². The summed E-state index contributed by atoms with van der Waals surface area (Å²) in [6, 6.07) is 7.09. The van der Waals surface area contributed by atoms with Crippen LogP contribution in [0.15, 0.2) is 41.6 Å². The monoisotopic (exact) mass is 351 g/mol. The number of benzene rings is 1. The lowest BCUT2D eigenvalue weighted by molar-refractivity contribution is -0.134. The number of carbonyl (C=O) groups is 1. The first-order valence-corrected chi connectivity index (χ1v) is 9.10. The van der Waals surface area contributed by atoms with Gasteiger partial charge in [-0.05, 0) is 25.1 Å². The van der Waals surface area contributed by atoms with E-state index in [1.165, 1.54) is 0 Å². The Balaban J connectivity index is 0.000000471. The summed E-state index contributed by atoms with van der Waals surface area (Å²) in [6.07, 6.45) is 4.16. The number of aromatic nitrogens is 1. The van der Waals surface area contributed by atoms with Crippen molar-refractivity contribution in [3.8, 4) is 0 Å². The lowest BCUT2D eigenvalue weighted by Gasteiger charge is -2.20. The zero-order valence-corrected chi connectivity index (χ0v) is 14.3. The number of aliphatic carboxylic acids is 1. The Hall–Kier alpha value is -2.03. The summed E-state index contributed by atoms with van der Waals surface area (Å²) in [5.74, 6) is -0.833. The Morgan fingerprint density at radius 2 is 2.00 bits per heavy atom. The number of carboxylic acids is 1. The van der Waals surface area contributed by atoms with Crippen LogP contribution in [0.1, 0.15) is 13.3 Å². The predicted octanol–water partition coefficient (Wildman–Crippen LogP) is 1.31. The molecular formula is C16H21N3O4S. The average molecular weight is 351 g/mol. The standard InChI is InChI=1S/C14H17N3O2S.C2H4O2/c18-20(19,17-9-2-6-15-8-10-17)14-4-1-3-12-11-16-7-5-13(12)14;1-2(3)4/h1,3-5,7,11,15H,2,6,8-10H2;1H3,(H,3,4). The quantitative estimate of drug-likeness (QED) is 0.846. The van der Waals surface area contributed by atoms with Gasteiger partial charge in [0.25, 0.3) is 5.97 Å². The van der Waals surface area contributed by atoms with Crippen LogP contribution in [-0.2, 0) is 14.8 Å². The molecule has 2 aromatic rings. The Morgan fingerprint density at radius 3 is 2.75 bits per heavy atom. The second kappa shape index (κ2) is 8.18. The van der Waals surface area contributed by atoms with Crippen molar-refractivity contribution in [2.75, 3.05) is 26.2 Å². The van der Waals surface area contributed by atoms with E-state index >= 15 is 0 Å². The number of sulfonamides is 1. The third-order valence-corrected chi connectivity index (χ3v) is 5.51. The molecule has 7 nitrogen and oxygen atoms in total. The Labute approximate surface area is 141 Å². The summed E-state index contributed by atoms with van der Waals surface area (Å²) in [4.78, 5) is 13.4. The number of carboxylic acid groups (broad SMARTS) is 1. The minimum atomic E-state index is -3.45. The van der Waals surface area contributed by atoms with Crippen LogP contribution in [-0.4, -0.2) is 55.0 Å². The molecule has 0 amide bonds. The Morgan fingerprint density at radius 1 is 1.25 bits per heavy atom. The van der Waals surface area contributed by atoms with Crippen LogP contribution >= 0.6 is 0 Å². The maximum atomic E-state index is 12.8. The fourth-order valence-electron chi connectivity index (χ4n) is 2.52. The van der Waals surface area contributed by atoms with Gasteiger partial charge in [0.05, 0.1) is 4.90 Å². The highest BCUT2D eigenvalue weighted by Gasteiger charge is 2.26. The Kier molecular flexibility index (Phi) is 6.24. The summed E-state index contributed by atoms with van der Waals surface area (Å²) in [7, 11) is -3.45. The van der Waals surface area contributed by atoms with Gasteiger partial charge in [0.2, 0.25) is 10.0 Å². The van der Waals surface area contributed by atoms with Crippen molar-refractivity contribution in [1.29, 1.82) is 0 Å². The summed E-state index contributed by atoms with van der Waals surface area (Å²) in [5, 5.41) is 12.2. The molecular weight excluding hydrogens is 330 g/mol. The van der Waals surface area contributed by atoms with Crippen molar-refractivity contribution in [2.24, 2.45) is 0 Å². The lowest BCUT2D eigenvalue weighted by atomic mass is 10.2. The largest absolute Gasteiger partial charge is 0.481 e. The van der Waals surface area contributed by atoms with Crippen molar-refractivity contribution >= 4 is 26.8 Å². The number of pyridine rings is 1. The third-order valence-electron chi connectivity index (χ3n) is 3.56. The molecule has 0 spiro atoms. The zero-order valence-electron chi connectivity index (χ0n) is 13.5. The zero-order chi connectivity index (χ0) is 17.6. The van der Waals surface area contributed by atoms with Gasteiger partial charge in [0, 0.05) is 49.7 Å². The van der Waals surface area contributed by atoms with E-state index in [9.17, 15) is 8.42 Å². The number of nitrogens with zero attached hydrogens (tertiary/aromatic N) is 2. The smallest absolute Gasteiger partial charge is 0.300 e. The minimum absolute atomic E-state index is 0.374. The van der Waals surface area contributed by atoms with Crippen molar-refractivity contribution < 1.29 is 18.3 Å². The van der Waals surface area contributed by atoms with Crippen molar-refractivity contribution in [3.63, 3.8) is 0 Å². The number of hydrogen-bond acceptors (Lipinski definition) is 5. The van der Waals surface area contributed by atoms with E-state index in [1.54, 1.807) is 34.9 Å². The SMILES string of the molecule is CC(=O)O.O=S(=O)(c1cccc2cnccc12)N1CCCNCC1. The number of hydrogen-bond donors (Lipinski definition) is 2. The fraction of sp³-hybridized carbons (Fsp3) is 0.375. The maximum Gasteiger partial charge on any atom is 0.300 e. The molecule has 24 heavy (non-hydrogen) atoms. The highest BCUT2D eigenvalue weighted by Crippen LogP contribution is 2.25. The summed E-state index contributed by atoms with van der Waals surface area (Å²) >= 11 is 0. The second-order valence-electron chi connectivity index (χ2n) is 5.38. The average Bonchev–Trinajstić information content (AvgIpc) is 2.83. The van der Waals surface area contributed by atoms with Crippen molar-refractivity contribution in [2.45, 2.75) is 18.2 Å². The molecule has 3 rings (SSSR count). The van der Waals surface area contributed by atoms with Crippen LogP contribution in [0.4, 0.5) is 0 Å². The molecule has 1 saturated heterocycles. The van der Waals surface area contributed by atoms with Crippen molar-refractivity contribution in [3.05, 3.63) is 36.7 Å². The van der Waals surface area contributed by atoms with Gasteiger partial charge in [0.15, 0.2) is 0 Å². The number of rotatable bonds is 2. The molecule has 130 valence electrons. The normalized spacial score (nSPS) is 16.0. The molecule has 1 aromatic heterocycles. The van der Waals surface area contributed by atoms with Gasteiger partial charge >= 0.3 is 0 Å². The van der Waals surface area contributed by atoms with Crippen LogP contribution in [0.2, 0.25) is 0 Å². The number of fused-ring (bicyclic) bond motifs is 1. The van der Waals surface area contributed by atoms with E-state index in [2.05, 4.69) is 10.3 Å². The fourth-order valence-corrected chi connectivity index (χ4v) is 4.21. The molecule has 0 unspecified atom stereocenters. The van der Waals surface area contributed by atoms with E-state index in [0.717, 1.165) is 30.7 Å². The van der Waals surface area contributed by atoms with Crippen molar-refractivity contribution in [1.82, 2.24) is 14.6 Å². The summed E-state index contributed by atoms with van der Waals surface area (Å²) < 4.78 is 27.2. The van der Waals surface area contributed by atoms with Gasteiger partial charge in [-0.1, -0.05) is 12.1 Å². The van der Waals surface area contributed by atoms with E-state index in [0.29, 0.717) is 24.5 Å². The highest BCUT2D eigenvalue weighted by molar-refractivity contribution is 7.89. The lowest BCUT2D eigenvalue weighted by Crippen LogP contribution is -2.34. The maximum absolute atomic E-state index is 12.8. The molecule has 2 heterocycles. The molecule has 0 saturated carbocycles. The predicted molar refractivity (Wildman–Crippen MR) is 91.3 cm³/mol. The van der Waals surface area contributed by atoms with Gasteiger partial charge in [-0.15, -0.1) is 0 Å². The minimum Gasteiger partial charge on any atom is -0.481 e.